The van der Waals surface area contributed by atoms with E-state index in [1.165, 1.54) is 0 Å². The Hall–Kier alpha value is -2.88. The topological polar surface area (TPSA) is 138 Å². The third-order valence-corrected chi connectivity index (χ3v) is 7.74. The van der Waals surface area contributed by atoms with Gasteiger partial charge in [-0.05, 0) is 74.1 Å². The molecule has 11 heteroatoms. The van der Waals surface area contributed by atoms with E-state index in [0.717, 1.165) is 31.2 Å². The van der Waals surface area contributed by atoms with Gasteiger partial charge in [0.1, 0.15) is 11.4 Å². The van der Waals surface area contributed by atoms with E-state index in [4.69, 9.17) is 39.8 Å². The van der Waals surface area contributed by atoms with Crippen LogP contribution >= 0.6 is 23.2 Å². The van der Waals surface area contributed by atoms with Crippen LogP contribution in [0, 0.1) is 11.3 Å². The highest BCUT2D eigenvalue weighted by molar-refractivity contribution is 6.48. The maximum absolute atomic E-state index is 13.8. The van der Waals surface area contributed by atoms with Crippen LogP contribution in [-0.4, -0.2) is 46.5 Å². The van der Waals surface area contributed by atoms with Crippen LogP contribution in [0.2, 0.25) is 0 Å². The molecule has 0 atom stereocenters. The van der Waals surface area contributed by atoms with Gasteiger partial charge in [0.2, 0.25) is 5.96 Å². The number of benzene rings is 1. The largest absolute Gasteiger partial charge is 0.368 e. The van der Waals surface area contributed by atoms with E-state index >= 15 is 0 Å². The van der Waals surface area contributed by atoms with Crippen molar-refractivity contribution in [1.82, 2.24) is 15.8 Å². The van der Waals surface area contributed by atoms with Crippen molar-refractivity contribution in [3.63, 3.8) is 0 Å². The summed E-state index contributed by atoms with van der Waals surface area (Å²) in [6.07, 6.45) is 7.76. The minimum Gasteiger partial charge on any atom is -0.368 e. The highest BCUT2D eigenvalue weighted by Crippen LogP contribution is 2.46. The van der Waals surface area contributed by atoms with Gasteiger partial charge in [-0.3, -0.25) is 19.9 Å². The van der Waals surface area contributed by atoms with Crippen LogP contribution in [0.1, 0.15) is 83.1 Å². The van der Waals surface area contributed by atoms with Crippen molar-refractivity contribution >= 4 is 46.7 Å². The third kappa shape index (κ3) is 9.05. The molecule has 1 aromatic rings. The number of alkyl halides is 1. The van der Waals surface area contributed by atoms with Gasteiger partial charge < -0.3 is 10.6 Å². The fraction of sp³-hybridized carbons (Fsp3) is 0.533. The summed E-state index contributed by atoms with van der Waals surface area (Å²) in [6, 6.07) is 7.16. The molecule has 1 aromatic carbocycles. The molecule has 1 aliphatic carbocycles. The minimum absolute atomic E-state index is 0.103. The number of nitrogens with two attached hydrogens (primary N) is 2. The fourth-order valence-electron chi connectivity index (χ4n) is 5.33. The van der Waals surface area contributed by atoms with Crippen molar-refractivity contribution in [2.75, 3.05) is 12.4 Å². The van der Waals surface area contributed by atoms with Crippen molar-refractivity contribution in [2.24, 2.45) is 33.0 Å². The van der Waals surface area contributed by atoms with Gasteiger partial charge in [0.05, 0.1) is 0 Å². The molecule has 0 radical (unpaired) electrons. The zero-order valence-electron chi connectivity index (χ0n) is 25.1. The second-order valence-corrected chi connectivity index (χ2v) is 12.0. The maximum Gasteiger partial charge on any atom is 0.274 e. The Balaban J connectivity index is 0.00000287. The van der Waals surface area contributed by atoms with Crippen molar-refractivity contribution in [2.45, 2.75) is 79.3 Å². The Labute approximate surface area is 254 Å². The molecular formula is C30H45Cl2N7O2. The van der Waals surface area contributed by atoms with Gasteiger partial charge in [0.15, 0.2) is 0 Å². The van der Waals surface area contributed by atoms with Crippen LogP contribution in [0.25, 0.3) is 0 Å². The first-order chi connectivity index (χ1) is 19.4. The molecule has 0 bridgehead atoms. The number of aliphatic imine (C=N–C) groups is 1. The van der Waals surface area contributed by atoms with Gasteiger partial charge in [-0.15, -0.1) is 16.7 Å². The number of hydrogen-bond acceptors (Lipinski definition) is 6. The van der Waals surface area contributed by atoms with Crippen LogP contribution in [0.5, 0.6) is 0 Å². The molecule has 6 N–H and O–H groups in total. The van der Waals surface area contributed by atoms with Crippen LogP contribution in [0.3, 0.4) is 0 Å². The summed E-state index contributed by atoms with van der Waals surface area (Å²) in [6.45, 7) is 13.1. The molecule has 0 unspecified atom stereocenters. The van der Waals surface area contributed by atoms with Crippen molar-refractivity contribution in [1.29, 1.82) is 0 Å². The summed E-state index contributed by atoms with van der Waals surface area (Å²) < 4.78 is 0. The highest BCUT2D eigenvalue weighted by Gasteiger charge is 2.49. The van der Waals surface area contributed by atoms with Crippen molar-refractivity contribution in [3.05, 3.63) is 58.1 Å². The van der Waals surface area contributed by atoms with Gasteiger partial charge >= 0.3 is 0 Å². The average Bonchev–Trinajstić information content (AvgIpc) is 3.18. The molecular weight excluding hydrogens is 561 g/mol. The number of hydrazine groups is 1. The summed E-state index contributed by atoms with van der Waals surface area (Å²) in [5, 5.41) is 6.51. The van der Waals surface area contributed by atoms with Gasteiger partial charge in [0.25, 0.3) is 11.8 Å². The lowest BCUT2D eigenvalue weighted by Gasteiger charge is -2.45. The number of amides is 2. The number of halogens is 2. The molecule has 41 heavy (non-hydrogen) atoms. The zero-order valence-corrected chi connectivity index (χ0v) is 26.6. The maximum atomic E-state index is 13.8. The molecule has 1 spiro atoms. The first-order valence-corrected chi connectivity index (χ1v) is 15.0. The SMILES string of the molecule is C/C(Cl)=C\C(=C/CCl)C1=NC2(CCC(C(C)(C)C)CC2)N(CCc2ccc(C(=O)N/C(N)=N/NN)cc2)C1=O.CC. The summed E-state index contributed by atoms with van der Waals surface area (Å²) in [5.41, 5.74) is 9.71. The molecule has 1 fully saturated rings. The van der Waals surface area contributed by atoms with Gasteiger partial charge in [-0.2, -0.15) is 0 Å². The predicted molar refractivity (Wildman–Crippen MR) is 170 cm³/mol. The quantitative estimate of drug-likeness (QED) is 0.0805. The van der Waals surface area contributed by atoms with E-state index in [1.54, 1.807) is 31.2 Å². The number of hydrogen-bond donors (Lipinski definition) is 4. The van der Waals surface area contributed by atoms with E-state index in [1.807, 2.05) is 36.4 Å². The van der Waals surface area contributed by atoms with Crippen molar-refractivity contribution in [3.8, 4) is 0 Å². The second kappa shape index (κ2) is 15.4. The molecule has 226 valence electrons. The lowest BCUT2D eigenvalue weighted by Crippen LogP contribution is -2.50. The number of hydrazone groups is 1. The molecule has 0 aromatic heterocycles. The molecule has 2 amide bonds. The number of carbonyl (C=O) groups excluding carboxylic acids is 2. The lowest BCUT2D eigenvalue weighted by atomic mass is 9.69. The highest BCUT2D eigenvalue weighted by atomic mass is 35.5. The van der Waals surface area contributed by atoms with E-state index in [9.17, 15) is 9.59 Å². The van der Waals surface area contributed by atoms with Crippen LogP contribution < -0.4 is 22.4 Å². The van der Waals surface area contributed by atoms with Crippen LogP contribution in [0.4, 0.5) is 0 Å². The monoisotopic (exact) mass is 605 g/mol. The number of rotatable bonds is 8. The lowest BCUT2D eigenvalue weighted by molar-refractivity contribution is -0.129. The van der Waals surface area contributed by atoms with Crippen LogP contribution in [-0.2, 0) is 11.2 Å². The Morgan fingerprint density at radius 1 is 1.22 bits per heavy atom. The van der Waals surface area contributed by atoms with E-state index < -0.39 is 11.6 Å². The molecule has 0 saturated heterocycles. The number of guanidine groups is 1. The van der Waals surface area contributed by atoms with Crippen molar-refractivity contribution < 1.29 is 9.59 Å². The Morgan fingerprint density at radius 3 is 2.34 bits per heavy atom. The van der Waals surface area contributed by atoms with Gasteiger partial charge in [-0.25, -0.2) is 11.4 Å². The number of allylic oxidation sites excluding steroid dienone is 3. The normalized spacial score (nSPS) is 21.8. The first kappa shape index (κ1) is 34.3. The van der Waals surface area contributed by atoms with Gasteiger partial charge in [-0.1, -0.05) is 64.4 Å². The third-order valence-electron chi connectivity index (χ3n) is 7.47. The summed E-state index contributed by atoms with van der Waals surface area (Å²) in [5.74, 6) is 5.26. The Morgan fingerprint density at radius 2 is 1.83 bits per heavy atom. The second-order valence-electron chi connectivity index (χ2n) is 11.1. The van der Waals surface area contributed by atoms with E-state index in [2.05, 4.69) is 31.2 Å². The minimum atomic E-state index is -0.582. The fourth-order valence-corrected chi connectivity index (χ4v) is 5.61. The molecule has 1 aliphatic heterocycles. The molecule has 2 aliphatic rings. The molecule has 3 rings (SSSR count). The number of nitrogens with one attached hydrogen (secondary N) is 2. The number of nitrogens with zero attached hydrogens (tertiary/aromatic N) is 3. The summed E-state index contributed by atoms with van der Waals surface area (Å²) in [4.78, 5) is 33.2. The number of carbonyl (C=O) groups is 2. The standard InChI is InChI=1S/C28H39Cl2N7O2.C2H6/c1-18(30)17-21(11-15-29)23-25(39)37(28(34-23)13-9-22(10-14-28)27(2,3)4)16-12-19-5-7-20(8-6-19)24(38)33-26(31)35-36-32;1-2/h5-8,11,17,22,36H,9-10,12-16,32H2,1-4H3,(H3,31,33,35,38);1-2H3/b18-17+,21-11+;. The molecule has 9 nitrogen and oxygen atoms in total. The predicted octanol–water partition coefficient (Wildman–Crippen LogP) is 5.20. The van der Waals surface area contributed by atoms with Crippen LogP contribution in [0.15, 0.2) is 57.1 Å². The average molecular weight is 607 g/mol. The summed E-state index contributed by atoms with van der Waals surface area (Å²) >= 11 is 12.2. The smallest absolute Gasteiger partial charge is 0.274 e. The zero-order chi connectivity index (χ0) is 30.8. The Kier molecular flexibility index (Phi) is 12.9. The van der Waals surface area contributed by atoms with E-state index in [0.29, 0.717) is 40.8 Å². The summed E-state index contributed by atoms with van der Waals surface area (Å²) in [7, 11) is 0. The first-order valence-electron chi connectivity index (χ1n) is 14.1. The Bertz CT molecular complexity index is 1170. The van der Waals surface area contributed by atoms with E-state index in [-0.39, 0.29) is 23.2 Å². The molecule has 1 heterocycles. The van der Waals surface area contributed by atoms with Gasteiger partial charge in [0, 0.05) is 28.6 Å². The molecule has 1 saturated carbocycles.